The van der Waals surface area contributed by atoms with Gasteiger partial charge in [-0.25, -0.2) is 9.18 Å². The van der Waals surface area contributed by atoms with Gasteiger partial charge < -0.3 is 15.2 Å². The summed E-state index contributed by atoms with van der Waals surface area (Å²) in [5, 5.41) is 12.3. The Balaban J connectivity index is 2.26. The molecule has 2 N–H and O–H groups in total. The molecule has 2 rings (SSSR count). The van der Waals surface area contributed by atoms with Crippen LogP contribution >= 0.6 is 0 Å². The summed E-state index contributed by atoms with van der Waals surface area (Å²) in [6.07, 6.45) is 0. The highest BCUT2D eigenvalue weighted by Gasteiger charge is 2.20. The number of methoxy groups -OCH3 is 1. The van der Waals surface area contributed by atoms with Gasteiger partial charge in [0.25, 0.3) is 0 Å². The molecule has 0 aromatic heterocycles. The van der Waals surface area contributed by atoms with E-state index in [1.165, 1.54) is 18.2 Å². The summed E-state index contributed by atoms with van der Waals surface area (Å²) in [5.41, 5.74) is 1.55. The maximum Gasteiger partial charge on any atom is 0.330 e. The fourth-order valence-corrected chi connectivity index (χ4v) is 1.99. The molecule has 2 aromatic carbocycles. The molecule has 0 aliphatic heterocycles. The Bertz CT molecular complexity index is 640. The molecule has 0 aliphatic rings. The van der Waals surface area contributed by atoms with E-state index in [0.717, 1.165) is 0 Å². The number of anilines is 1. The molecular weight excluding hydrogens is 273 g/mol. The molecule has 0 fully saturated rings. The number of carboxylic acid groups (broad SMARTS) is 1. The molecule has 0 saturated heterocycles. The van der Waals surface area contributed by atoms with Crippen LogP contribution in [0.25, 0.3) is 0 Å². The summed E-state index contributed by atoms with van der Waals surface area (Å²) >= 11 is 0. The topological polar surface area (TPSA) is 58.6 Å². The van der Waals surface area contributed by atoms with Crippen molar-refractivity contribution in [2.24, 2.45) is 0 Å². The molecule has 0 radical (unpaired) electrons. The standard InChI is InChI=1S/C16H16FNO3/c1-10-9-11(3-8-14(10)17)15(16(19)20)18-12-4-6-13(21-2)7-5-12/h3-9,15,18H,1-2H3,(H,19,20). The van der Waals surface area contributed by atoms with Crippen molar-refractivity contribution in [3.8, 4) is 5.75 Å². The zero-order valence-electron chi connectivity index (χ0n) is 11.8. The number of hydrogen-bond donors (Lipinski definition) is 2. The Hall–Kier alpha value is -2.56. The summed E-state index contributed by atoms with van der Waals surface area (Å²) in [7, 11) is 1.56. The van der Waals surface area contributed by atoms with E-state index in [-0.39, 0.29) is 5.82 Å². The number of aryl methyl sites for hydroxylation is 1. The Morgan fingerprint density at radius 1 is 1.24 bits per heavy atom. The van der Waals surface area contributed by atoms with Gasteiger partial charge in [0.05, 0.1) is 7.11 Å². The van der Waals surface area contributed by atoms with Crippen LogP contribution in [0.15, 0.2) is 42.5 Å². The highest BCUT2D eigenvalue weighted by molar-refractivity contribution is 5.79. The van der Waals surface area contributed by atoms with Crippen LogP contribution in [0.5, 0.6) is 5.75 Å². The molecule has 0 amide bonds. The monoisotopic (exact) mass is 289 g/mol. The lowest BCUT2D eigenvalue weighted by molar-refractivity contribution is -0.138. The lowest BCUT2D eigenvalue weighted by atomic mass is 10.0. The first-order chi connectivity index (χ1) is 10.0. The minimum Gasteiger partial charge on any atom is -0.497 e. The van der Waals surface area contributed by atoms with Crippen LogP contribution in [0.1, 0.15) is 17.2 Å². The van der Waals surface area contributed by atoms with E-state index < -0.39 is 12.0 Å². The van der Waals surface area contributed by atoms with E-state index in [2.05, 4.69) is 5.32 Å². The number of halogens is 1. The highest BCUT2D eigenvalue weighted by Crippen LogP contribution is 2.23. The second-order valence-electron chi connectivity index (χ2n) is 4.65. The molecule has 21 heavy (non-hydrogen) atoms. The van der Waals surface area contributed by atoms with Gasteiger partial charge in [0, 0.05) is 5.69 Å². The first-order valence-corrected chi connectivity index (χ1v) is 6.40. The van der Waals surface area contributed by atoms with Gasteiger partial charge in [-0.3, -0.25) is 0 Å². The van der Waals surface area contributed by atoms with Crippen molar-refractivity contribution >= 4 is 11.7 Å². The van der Waals surface area contributed by atoms with Crippen LogP contribution in [0.4, 0.5) is 10.1 Å². The van der Waals surface area contributed by atoms with E-state index in [4.69, 9.17) is 4.74 Å². The molecule has 4 nitrogen and oxygen atoms in total. The largest absolute Gasteiger partial charge is 0.497 e. The number of nitrogens with one attached hydrogen (secondary N) is 1. The molecule has 0 spiro atoms. The van der Waals surface area contributed by atoms with Gasteiger partial charge in [-0.05, 0) is 48.4 Å². The van der Waals surface area contributed by atoms with E-state index in [1.54, 1.807) is 38.3 Å². The number of aliphatic carboxylic acids is 1. The maximum absolute atomic E-state index is 13.3. The molecule has 110 valence electrons. The lowest BCUT2D eigenvalue weighted by Gasteiger charge is -2.17. The van der Waals surface area contributed by atoms with Crippen molar-refractivity contribution in [2.75, 3.05) is 12.4 Å². The smallest absolute Gasteiger partial charge is 0.330 e. The first kappa shape index (κ1) is 14.8. The van der Waals surface area contributed by atoms with Gasteiger partial charge in [-0.15, -0.1) is 0 Å². The van der Waals surface area contributed by atoms with E-state index in [9.17, 15) is 14.3 Å². The number of ether oxygens (including phenoxy) is 1. The Morgan fingerprint density at radius 3 is 2.43 bits per heavy atom. The molecular formula is C16H16FNO3. The predicted molar refractivity (Wildman–Crippen MR) is 78.1 cm³/mol. The molecule has 2 aromatic rings. The van der Waals surface area contributed by atoms with Crippen LogP contribution in [0, 0.1) is 12.7 Å². The van der Waals surface area contributed by atoms with Gasteiger partial charge in [0.15, 0.2) is 6.04 Å². The van der Waals surface area contributed by atoms with Crippen molar-refractivity contribution in [3.05, 3.63) is 59.4 Å². The number of carbonyl (C=O) groups is 1. The van der Waals surface area contributed by atoms with Crippen LogP contribution < -0.4 is 10.1 Å². The average molecular weight is 289 g/mol. The molecule has 0 saturated carbocycles. The van der Waals surface area contributed by atoms with Gasteiger partial charge in [-0.1, -0.05) is 12.1 Å². The Kier molecular flexibility index (Phi) is 4.42. The van der Waals surface area contributed by atoms with Crippen molar-refractivity contribution in [2.45, 2.75) is 13.0 Å². The third-order valence-corrected chi connectivity index (χ3v) is 3.16. The minimum atomic E-state index is -1.03. The quantitative estimate of drug-likeness (QED) is 0.886. The zero-order chi connectivity index (χ0) is 15.4. The van der Waals surface area contributed by atoms with Crippen molar-refractivity contribution < 1.29 is 19.0 Å². The lowest BCUT2D eigenvalue weighted by Crippen LogP contribution is -2.20. The van der Waals surface area contributed by atoms with E-state index >= 15 is 0 Å². The second kappa shape index (κ2) is 6.26. The summed E-state index contributed by atoms with van der Waals surface area (Å²) in [5.74, 6) is -0.700. The van der Waals surface area contributed by atoms with Crippen molar-refractivity contribution in [1.29, 1.82) is 0 Å². The number of hydrogen-bond acceptors (Lipinski definition) is 3. The van der Waals surface area contributed by atoms with Crippen LogP contribution in [-0.2, 0) is 4.79 Å². The minimum absolute atomic E-state index is 0.354. The first-order valence-electron chi connectivity index (χ1n) is 6.40. The molecule has 0 bridgehead atoms. The van der Waals surface area contributed by atoms with Gasteiger partial charge >= 0.3 is 5.97 Å². The van der Waals surface area contributed by atoms with Crippen molar-refractivity contribution in [1.82, 2.24) is 0 Å². The fraction of sp³-hybridized carbons (Fsp3) is 0.188. The summed E-state index contributed by atoms with van der Waals surface area (Å²) < 4.78 is 18.3. The Labute approximate surface area is 122 Å². The van der Waals surface area contributed by atoms with E-state index in [0.29, 0.717) is 22.6 Å². The predicted octanol–water partition coefficient (Wildman–Crippen LogP) is 3.38. The highest BCUT2D eigenvalue weighted by atomic mass is 19.1. The molecule has 0 aliphatic carbocycles. The summed E-state index contributed by atoms with van der Waals surface area (Å²) in [6.45, 7) is 1.60. The number of benzene rings is 2. The average Bonchev–Trinajstić information content (AvgIpc) is 2.48. The number of carboxylic acids is 1. The molecule has 5 heteroatoms. The third-order valence-electron chi connectivity index (χ3n) is 3.16. The summed E-state index contributed by atoms with van der Waals surface area (Å²) in [6, 6.07) is 10.3. The summed E-state index contributed by atoms with van der Waals surface area (Å²) in [4.78, 5) is 11.4. The molecule has 1 atom stereocenters. The van der Waals surface area contributed by atoms with Gasteiger partial charge in [0.1, 0.15) is 11.6 Å². The van der Waals surface area contributed by atoms with Crippen LogP contribution in [0.2, 0.25) is 0 Å². The normalized spacial score (nSPS) is 11.8. The Morgan fingerprint density at radius 2 is 1.90 bits per heavy atom. The SMILES string of the molecule is COc1ccc(NC(C(=O)O)c2ccc(F)c(C)c2)cc1. The van der Waals surface area contributed by atoms with E-state index in [1.807, 2.05) is 0 Å². The van der Waals surface area contributed by atoms with Crippen molar-refractivity contribution in [3.63, 3.8) is 0 Å². The third kappa shape index (κ3) is 3.51. The van der Waals surface area contributed by atoms with Gasteiger partial charge in [0.2, 0.25) is 0 Å². The molecule has 0 heterocycles. The number of rotatable bonds is 5. The second-order valence-corrected chi connectivity index (χ2v) is 4.65. The van der Waals surface area contributed by atoms with Gasteiger partial charge in [-0.2, -0.15) is 0 Å². The zero-order valence-corrected chi connectivity index (χ0v) is 11.8. The fourth-order valence-electron chi connectivity index (χ4n) is 1.99. The van der Waals surface area contributed by atoms with Crippen LogP contribution in [0.3, 0.4) is 0 Å². The maximum atomic E-state index is 13.3. The van der Waals surface area contributed by atoms with Crippen LogP contribution in [-0.4, -0.2) is 18.2 Å². The molecule has 1 unspecified atom stereocenters.